The molecule has 0 saturated carbocycles. The van der Waals surface area contributed by atoms with Gasteiger partial charge >= 0.3 is 0 Å². The summed E-state index contributed by atoms with van der Waals surface area (Å²) in [6.07, 6.45) is 4.66. The van der Waals surface area contributed by atoms with Gasteiger partial charge in [0.25, 0.3) is 0 Å². The van der Waals surface area contributed by atoms with Gasteiger partial charge in [0.15, 0.2) is 0 Å². The van der Waals surface area contributed by atoms with Crippen LogP contribution < -0.4 is 5.32 Å². The Morgan fingerprint density at radius 3 is 2.83 bits per heavy atom. The molecule has 3 heteroatoms. The lowest BCUT2D eigenvalue weighted by Gasteiger charge is -2.20. The number of aryl methyl sites for hydroxylation is 1. The summed E-state index contributed by atoms with van der Waals surface area (Å²) in [7, 11) is 0. The molecule has 0 radical (unpaired) electrons. The molecule has 0 spiro atoms. The van der Waals surface area contributed by atoms with Crippen molar-refractivity contribution in [3.05, 3.63) is 58.9 Å². The summed E-state index contributed by atoms with van der Waals surface area (Å²) in [5.74, 6) is 0. The van der Waals surface area contributed by atoms with E-state index in [4.69, 9.17) is 11.6 Å². The second kappa shape index (κ2) is 5.87. The smallest absolute Gasteiger partial charge is 0.0561 e. The molecule has 1 N–H and O–H groups in total. The SMILES string of the molecule is CCC(Nc1cnccc1C)c1cccc(Cl)c1. The topological polar surface area (TPSA) is 24.9 Å². The van der Waals surface area contributed by atoms with Gasteiger partial charge in [-0.1, -0.05) is 30.7 Å². The molecule has 18 heavy (non-hydrogen) atoms. The average Bonchev–Trinajstić information content (AvgIpc) is 2.38. The Labute approximate surface area is 113 Å². The number of rotatable bonds is 4. The molecule has 0 fully saturated rings. The van der Waals surface area contributed by atoms with Crippen LogP contribution in [-0.4, -0.2) is 4.98 Å². The van der Waals surface area contributed by atoms with Crippen molar-refractivity contribution in [1.82, 2.24) is 4.98 Å². The third-order valence-corrected chi connectivity index (χ3v) is 3.26. The van der Waals surface area contributed by atoms with Crippen LogP contribution in [0.4, 0.5) is 5.69 Å². The van der Waals surface area contributed by atoms with Gasteiger partial charge in [0.1, 0.15) is 0 Å². The maximum atomic E-state index is 6.04. The van der Waals surface area contributed by atoms with Crippen LogP contribution in [0, 0.1) is 6.92 Å². The number of hydrogen-bond donors (Lipinski definition) is 1. The zero-order valence-corrected chi connectivity index (χ0v) is 11.4. The lowest BCUT2D eigenvalue weighted by atomic mass is 10.0. The molecule has 0 aliphatic heterocycles. The van der Waals surface area contributed by atoms with E-state index in [1.165, 1.54) is 11.1 Å². The zero-order chi connectivity index (χ0) is 13.0. The monoisotopic (exact) mass is 260 g/mol. The maximum absolute atomic E-state index is 6.04. The first kappa shape index (κ1) is 12.9. The lowest BCUT2D eigenvalue weighted by molar-refractivity contribution is 0.747. The first-order valence-corrected chi connectivity index (χ1v) is 6.51. The minimum atomic E-state index is 0.256. The van der Waals surface area contributed by atoms with Crippen molar-refractivity contribution in [3.63, 3.8) is 0 Å². The van der Waals surface area contributed by atoms with E-state index in [2.05, 4.69) is 30.2 Å². The summed E-state index contributed by atoms with van der Waals surface area (Å²) in [6, 6.07) is 10.2. The molecular weight excluding hydrogens is 244 g/mol. The fraction of sp³-hybridized carbons (Fsp3) is 0.267. The van der Waals surface area contributed by atoms with E-state index in [0.29, 0.717) is 0 Å². The molecule has 0 aliphatic rings. The Hall–Kier alpha value is -1.54. The summed E-state index contributed by atoms with van der Waals surface area (Å²) in [5, 5.41) is 4.29. The Bertz CT molecular complexity index is 525. The number of aromatic nitrogens is 1. The summed E-state index contributed by atoms with van der Waals surface area (Å²) < 4.78 is 0. The highest BCUT2D eigenvalue weighted by Crippen LogP contribution is 2.25. The Kier molecular flexibility index (Phi) is 4.21. The molecule has 94 valence electrons. The van der Waals surface area contributed by atoms with Gasteiger partial charge in [0.2, 0.25) is 0 Å². The van der Waals surface area contributed by atoms with Gasteiger partial charge < -0.3 is 5.32 Å². The molecule has 1 aromatic heterocycles. The summed E-state index contributed by atoms with van der Waals surface area (Å²) in [6.45, 7) is 4.24. The van der Waals surface area contributed by atoms with Crippen LogP contribution in [0.5, 0.6) is 0 Å². The summed E-state index contributed by atoms with van der Waals surface area (Å²) in [4.78, 5) is 4.16. The molecule has 2 aromatic rings. The summed E-state index contributed by atoms with van der Waals surface area (Å²) in [5.41, 5.74) is 3.48. The van der Waals surface area contributed by atoms with Crippen LogP contribution >= 0.6 is 11.6 Å². The number of hydrogen-bond acceptors (Lipinski definition) is 2. The van der Waals surface area contributed by atoms with Gasteiger partial charge in [-0.2, -0.15) is 0 Å². The number of benzene rings is 1. The van der Waals surface area contributed by atoms with E-state index in [1.54, 1.807) is 6.20 Å². The van der Waals surface area contributed by atoms with Crippen molar-refractivity contribution in [2.45, 2.75) is 26.3 Å². The predicted octanol–water partition coefficient (Wildman–Crippen LogP) is 4.61. The standard InChI is InChI=1S/C15H17ClN2/c1-3-14(12-5-4-6-13(16)9-12)18-15-10-17-8-7-11(15)2/h4-10,14,18H,3H2,1-2H3. The fourth-order valence-electron chi connectivity index (χ4n) is 1.95. The molecule has 2 rings (SSSR count). The number of anilines is 1. The van der Waals surface area contributed by atoms with E-state index in [0.717, 1.165) is 17.1 Å². The number of halogens is 1. The van der Waals surface area contributed by atoms with E-state index < -0.39 is 0 Å². The molecule has 1 unspecified atom stereocenters. The van der Waals surface area contributed by atoms with Crippen LogP contribution in [0.2, 0.25) is 5.02 Å². The molecule has 2 nitrogen and oxygen atoms in total. The molecule has 1 aromatic carbocycles. The third kappa shape index (κ3) is 3.02. The van der Waals surface area contributed by atoms with Crippen molar-refractivity contribution >= 4 is 17.3 Å². The maximum Gasteiger partial charge on any atom is 0.0561 e. The average molecular weight is 261 g/mol. The van der Waals surface area contributed by atoms with E-state index in [-0.39, 0.29) is 6.04 Å². The lowest BCUT2D eigenvalue weighted by Crippen LogP contribution is -2.10. The minimum Gasteiger partial charge on any atom is -0.377 e. The normalized spacial score (nSPS) is 12.2. The fourth-order valence-corrected chi connectivity index (χ4v) is 2.15. The van der Waals surface area contributed by atoms with Gasteiger partial charge in [-0.15, -0.1) is 0 Å². The molecule has 0 amide bonds. The van der Waals surface area contributed by atoms with Crippen LogP contribution in [0.1, 0.15) is 30.5 Å². The van der Waals surface area contributed by atoms with Crippen molar-refractivity contribution < 1.29 is 0 Å². The highest BCUT2D eigenvalue weighted by Gasteiger charge is 2.10. The van der Waals surface area contributed by atoms with Crippen molar-refractivity contribution in [1.29, 1.82) is 0 Å². The Morgan fingerprint density at radius 2 is 2.17 bits per heavy atom. The molecule has 1 atom stereocenters. The van der Waals surface area contributed by atoms with Crippen LogP contribution in [0.3, 0.4) is 0 Å². The van der Waals surface area contributed by atoms with E-state index in [1.807, 2.05) is 30.5 Å². The zero-order valence-electron chi connectivity index (χ0n) is 10.7. The van der Waals surface area contributed by atoms with E-state index >= 15 is 0 Å². The van der Waals surface area contributed by atoms with Crippen molar-refractivity contribution in [2.24, 2.45) is 0 Å². The minimum absolute atomic E-state index is 0.256. The van der Waals surface area contributed by atoms with Gasteiger partial charge in [-0.25, -0.2) is 0 Å². The van der Waals surface area contributed by atoms with Crippen LogP contribution in [0.15, 0.2) is 42.7 Å². The van der Waals surface area contributed by atoms with Gasteiger partial charge in [0, 0.05) is 11.2 Å². The summed E-state index contributed by atoms with van der Waals surface area (Å²) >= 11 is 6.04. The largest absolute Gasteiger partial charge is 0.377 e. The highest BCUT2D eigenvalue weighted by atomic mass is 35.5. The second-order valence-electron chi connectivity index (χ2n) is 4.35. The van der Waals surface area contributed by atoms with Gasteiger partial charge in [-0.05, 0) is 42.7 Å². The quantitative estimate of drug-likeness (QED) is 0.869. The first-order chi connectivity index (χ1) is 8.70. The highest BCUT2D eigenvalue weighted by molar-refractivity contribution is 6.30. The van der Waals surface area contributed by atoms with Gasteiger partial charge in [0.05, 0.1) is 17.9 Å². The second-order valence-corrected chi connectivity index (χ2v) is 4.79. The third-order valence-electron chi connectivity index (χ3n) is 3.03. The Morgan fingerprint density at radius 1 is 1.33 bits per heavy atom. The Balaban J connectivity index is 2.23. The van der Waals surface area contributed by atoms with Crippen LogP contribution in [-0.2, 0) is 0 Å². The molecular formula is C15H17ClN2. The van der Waals surface area contributed by atoms with Gasteiger partial charge in [-0.3, -0.25) is 4.98 Å². The van der Waals surface area contributed by atoms with Crippen molar-refractivity contribution in [3.8, 4) is 0 Å². The predicted molar refractivity (Wildman–Crippen MR) is 77.1 cm³/mol. The van der Waals surface area contributed by atoms with Crippen molar-refractivity contribution in [2.75, 3.05) is 5.32 Å². The molecule has 0 aliphatic carbocycles. The van der Waals surface area contributed by atoms with E-state index in [9.17, 15) is 0 Å². The molecule has 0 saturated heterocycles. The number of nitrogens with one attached hydrogen (secondary N) is 1. The molecule has 1 heterocycles. The van der Waals surface area contributed by atoms with Crippen LogP contribution in [0.25, 0.3) is 0 Å². The first-order valence-electron chi connectivity index (χ1n) is 6.13. The molecule has 0 bridgehead atoms. The number of pyridine rings is 1. The number of nitrogens with zero attached hydrogens (tertiary/aromatic N) is 1.